The van der Waals surface area contributed by atoms with E-state index in [2.05, 4.69) is 20.9 Å². The van der Waals surface area contributed by atoms with Crippen LogP contribution in [0.15, 0.2) is 54.7 Å². The molecule has 208 valence electrons. The zero-order chi connectivity index (χ0) is 28.5. The zero-order valence-electron chi connectivity index (χ0n) is 21.9. The van der Waals surface area contributed by atoms with E-state index in [9.17, 15) is 29.4 Å². The summed E-state index contributed by atoms with van der Waals surface area (Å²) in [7, 11) is 0. The third-order valence-electron chi connectivity index (χ3n) is 6.27. The largest absolute Gasteiger partial charge is 0.508 e. The fourth-order valence-corrected chi connectivity index (χ4v) is 4.30. The zero-order valence-corrected chi connectivity index (χ0v) is 21.9. The van der Waals surface area contributed by atoms with Crippen LogP contribution in [0.5, 0.6) is 5.75 Å². The Balaban J connectivity index is 1.77. The highest BCUT2D eigenvalue weighted by molar-refractivity contribution is 5.94. The van der Waals surface area contributed by atoms with Gasteiger partial charge in [0.25, 0.3) is 0 Å². The fourth-order valence-electron chi connectivity index (χ4n) is 4.30. The van der Waals surface area contributed by atoms with E-state index < -0.39 is 41.8 Å². The molecule has 0 aliphatic heterocycles. The van der Waals surface area contributed by atoms with Crippen LogP contribution in [0.3, 0.4) is 0 Å². The molecule has 8 N–H and O–H groups in total. The lowest BCUT2D eigenvalue weighted by Gasteiger charge is -2.25. The second-order valence-electron chi connectivity index (χ2n) is 9.85. The van der Waals surface area contributed by atoms with E-state index in [1.807, 2.05) is 38.1 Å². The second kappa shape index (κ2) is 13.4. The van der Waals surface area contributed by atoms with Crippen LogP contribution in [0.4, 0.5) is 0 Å². The Morgan fingerprint density at radius 3 is 2.15 bits per heavy atom. The number of amides is 3. The standard InChI is InChI=1S/C28H35N5O6/c1-16(2)11-22(26(36)33-24(28(38)39)12-17-7-9-19(34)10-8-17)32-27(37)23(31-25(35)14-29)13-18-15-30-21-6-4-3-5-20(18)21/h3-10,15-16,22-24,30,34H,11-14,29H2,1-2H3,(H,31,35)(H,32,37)(H,33,36)(H,38,39). The number of aromatic nitrogens is 1. The third kappa shape index (κ3) is 8.30. The van der Waals surface area contributed by atoms with Gasteiger partial charge in [0.2, 0.25) is 17.7 Å². The number of carboxylic acid groups (broad SMARTS) is 1. The van der Waals surface area contributed by atoms with Crippen LogP contribution in [0.1, 0.15) is 31.4 Å². The van der Waals surface area contributed by atoms with Gasteiger partial charge in [-0.3, -0.25) is 14.4 Å². The smallest absolute Gasteiger partial charge is 0.326 e. The SMILES string of the molecule is CC(C)CC(NC(=O)C(Cc1c[nH]c2ccccc12)NC(=O)CN)C(=O)NC(Cc1ccc(O)cc1)C(=O)O. The quantitative estimate of drug-likeness (QED) is 0.171. The van der Waals surface area contributed by atoms with Crippen molar-refractivity contribution in [1.29, 1.82) is 0 Å². The summed E-state index contributed by atoms with van der Waals surface area (Å²) in [5.41, 5.74) is 7.75. The number of H-pyrrole nitrogens is 1. The maximum atomic E-state index is 13.4. The predicted octanol–water partition coefficient (Wildman–Crippen LogP) is 1.20. The number of phenols is 1. The van der Waals surface area contributed by atoms with E-state index in [0.717, 1.165) is 16.5 Å². The lowest BCUT2D eigenvalue weighted by molar-refractivity contribution is -0.142. The number of aromatic amines is 1. The highest BCUT2D eigenvalue weighted by Gasteiger charge is 2.30. The van der Waals surface area contributed by atoms with Crippen molar-refractivity contribution in [2.45, 2.75) is 51.2 Å². The van der Waals surface area contributed by atoms with Crippen LogP contribution in [0.2, 0.25) is 0 Å². The second-order valence-corrected chi connectivity index (χ2v) is 9.85. The van der Waals surface area contributed by atoms with Crippen molar-refractivity contribution >= 4 is 34.6 Å². The van der Waals surface area contributed by atoms with Crippen molar-refractivity contribution < 1.29 is 29.4 Å². The highest BCUT2D eigenvalue weighted by Crippen LogP contribution is 2.19. The number of carbonyl (C=O) groups is 4. The minimum atomic E-state index is -1.26. The van der Waals surface area contributed by atoms with Crippen molar-refractivity contribution in [2.75, 3.05) is 6.54 Å². The number of hydrogen-bond acceptors (Lipinski definition) is 6. The average Bonchev–Trinajstić information content (AvgIpc) is 3.30. The number of phenolic OH excluding ortho intramolecular Hbond substituents is 1. The summed E-state index contributed by atoms with van der Waals surface area (Å²) >= 11 is 0. The van der Waals surface area contributed by atoms with Gasteiger partial charge in [0.15, 0.2) is 0 Å². The monoisotopic (exact) mass is 537 g/mol. The molecule has 0 aliphatic carbocycles. The minimum absolute atomic E-state index is 0.00729. The van der Waals surface area contributed by atoms with Crippen LogP contribution >= 0.6 is 0 Å². The summed E-state index contributed by atoms with van der Waals surface area (Å²) in [6, 6.07) is 10.2. The van der Waals surface area contributed by atoms with Gasteiger partial charge in [-0.15, -0.1) is 0 Å². The van der Waals surface area contributed by atoms with Crippen molar-refractivity contribution in [3.63, 3.8) is 0 Å². The molecule has 39 heavy (non-hydrogen) atoms. The normalized spacial score (nSPS) is 13.4. The number of carboxylic acids is 1. The summed E-state index contributed by atoms with van der Waals surface area (Å²) in [4.78, 5) is 53.8. The molecule has 3 aromatic rings. The van der Waals surface area contributed by atoms with Gasteiger partial charge in [0, 0.05) is 29.9 Å². The van der Waals surface area contributed by atoms with Crippen LogP contribution in [0, 0.1) is 5.92 Å². The van der Waals surface area contributed by atoms with Crippen molar-refractivity contribution in [1.82, 2.24) is 20.9 Å². The van der Waals surface area contributed by atoms with Gasteiger partial charge in [-0.25, -0.2) is 4.79 Å². The van der Waals surface area contributed by atoms with Crippen molar-refractivity contribution in [3.8, 4) is 5.75 Å². The van der Waals surface area contributed by atoms with Crippen LogP contribution in [0.25, 0.3) is 10.9 Å². The average molecular weight is 538 g/mol. The molecule has 1 aromatic heterocycles. The summed E-state index contributed by atoms with van der Waals surface area (Å²) in [6.45, 7) is 3.43. The van der Waals surface area contributed by atoms with Crippen LogP contribution < -0.4 is 21.7 Å². The Morgan fingerprint density at radius 2 is 1.51 bits per heavy atom. The van der Waals surface area contributed by atoms with E-state index >= 15 is 0 Å². The first kappa shape index (κ1) is 29.2. The first-order valence-corrected chi connectivity index (χ1v) is 12.7. The number of carbonyl (C=O) groups excluding carboxylic acids is 3. The molecule has 11 heteroatoms. The Hall–Kier alpha value is -4.38. The van der Waals surface area contributed by atoms with Gasteiger partial charge in [-0.1, -0.05) is 44.2 Å². The summed E-state index contributed by atoms with van der Waals surface area (Å²) < 4.78 is 0. The van der Waals surface area contributed by atoms with Gasteiger partial charge in [-0.05, 0) is 41.7 Å². The van der Waals surface area contributed by atoms with Gasteiger partial charge in [0.1, 0.15) is 23.9 Å². The molecule has 0 radical (unpaired) electrons. The number of benzene rings is 2. The van der Waals surface area contributed by atoms with Crippen molar-refractivity contribution in [2.24, 2.45) is 11.7 Å². The molecule has 0 saturated carbocycles. The number of para-hydroxylation sites is 1. The molecule has 2 aromatic carbocycles. The molecular weight excluding hydrogens is 502 g/mol. The Kier molecular flexibility index (Phi) is 10.0. The van der Waals surface area contributed by atoms with E-state index in [0.29, 0.717) is 5.56 Å². The Bertz CT molecular complexity index is 1300. The molecule has 0 fully saturated rings. The summed E-state index contributed by atoms with van der Waals surface area (Å²) in [6.07, 6.45) is 2.14. The van der Waals surface area contributed by atoms with E-state index in [4.69, 9.17) is 5.73 Å². The number of aliphatic carboxylic acids is 1. The molecule has 0 bridgehead atoms. The van der Waals surface area contributed by atoms with Gasteiger partial charge >= 0.3 is 5.97 Å². The predicted molar refractivity (Wildman–Crippen MR) is 146 cm³/mol. The molecule has 0 saturated heterocycles. The lowest BCUT2D eigenvalue weighted by Crippen LogP contribution is -2.57. The number of hydrogen-bond donors (Lipinski definition) is 7. The number of nitrogens with one attached hydrogen (secondary N) is 4. The van der Waals surface area contributed by atoms with Crippen molar-refractivity contribution in [3.05, 3.63) is 65.9 Å². The number of rotatable bonds is 13. The number of nitrogens with two attached hydrogens (primary N) is 1. The maximum absolute atomic E-state index is 13.4. The maximum Gasteiger partial charge on any atom is 0.326 e. The lowest BCUT2D eigenvalue weighted by atomic mass is 10.00. The minimum Gasteiger partial charge on any atom is -0.508 e. The summed E-state index contributed by atoms with van der Waals surface area (Å²) in [5.74, 6) is -2.98. The van der Waals surface area contributed by atoms with E-state index in [1.165, 1.54) is 12.1 Å². The molecule has 3 amide bonds. The molecule has 1 heterocycles. The third-order valence-corrected chi connectivity index (χ3v) is 6.27. The van der Waals surface area contributed by atoms with Crippen LogP contribution in [-0.4, -0.2) is 63.6 Å². The number of aromatic hydroxyl groups is 1. The van der Waals surface area contributed by atoms with Gasteiger partial charge < -0.3 is 36.9 Å². The molecule has 3 rings (SSSR count). The molecule has 0 spiro atoms. The van der Waals surface area contributed by atoms with Gasteiger partial charge in [0.05, 0.1) is 6.54 Å². The molecular formula is C28H35N5O6. The first-order valence-electron chi connectivity index (χ1n) is 12.7. The molecule has 0 aliphatic rings. The van der Waals surface area contributed by atoms with E-state index in [-0.39, 0.29) is 37.5 Å². The first-order chi connectivity index (χ1) is 18.6. The topological polar surface area (TPSA) is 187 Å². The number of fused-ring (bicyclic) bond motifs is 1. The molecule has 3 unspecified atom stereocenters. The Morgan fingerprint density at radius 1 is 0.872 bits per heavy atom. The highest BCUT2D eigenvalue weighted by atomic mass is 16.4. The van der Waals surface area contributed by atoms with Gasteiger partial charge in [-0.2, -0.15) is 0 Å². The Labute approximate surface area is 226 Å². The molecule has 3 atom stereocenters. The summed E-state index contributed by atoms with van der Waals surface area (Å²) in [5, 5.41) is 27.9. The van der Waals surface area contributed by atoms with Crippen LogP contribution in [-0.2, 0) is 32.0 Å². The molecule has 11 nitrogen and oxygen atoms in total. The van der Waals surface area contributed by atoms with E-state index in [1.54, 1.807) is 18.3 Å². The fraction of sp³-hybridized carbons (Fsp3) is 0.357.